The molecule has 0 aliphatic carbocycles. The summed E-state index contributed by atoms with van der Waals surface area (Å²) >= 11 is 0. The smallest absolute Gasteiger partial charge is 0.311 e. The summed E-state index contributed by atoms with van der Waals surface area (Å²) in [4.78, 5) is 27.3. The number of nitrogens with zero attached hydrogens (tertiary/aromatic N) is 1. The zero-order valence-corrected chi connectivity index (χ0v) is 34.4. The summed E-state index contributed by atoms with van der Waals surface area (Å²) in [5.74, 6) is 0.638. The molecule has 0 radical (unpaired) electrons. The Morgan fingerprint density at radius 3 is 1.58 bits per heavy atom. The van der Waals surface area contributed by atoms with Crippen LogP contribution >= 0.6 is 0 Å². The maximum absolute atomic E-state index is 13.0. The molecule has 0 aromatic carbocycles. The van der Waals surface area contributed by atoms with Gasteiger partial charge in [-0.15, -0.1) is 0 Å². The third-order valence-electron chi connectivity index (χ3n) is 10.6. The molecule has 0 amide bonds. The molecule has 0 aromatic heterocycles. The van der Waals surface area contributed by atoms with Crippen LogP contribution in [0.4, 0.5) is 0 Å². The van der Waals surface area contributed by atoms with Gasteiger partial charge in [-0.05, 0) is 71.4 Å². The lowest BCUT2D eigenvalue weighted by atomic mass is 9.87. The molecule has 0 saturated heterocycles. The lowest BCUT2D eigenvalue weighted by molar-refractivity contribution is -0.154. The number of hydrogen-bond acceptors (Lipinski definition) is 6. The van der Waals surface area contributed by atoms with Gasteiger partial charge in [0.25, 0.3) is 0 Å². The van der Waals surface area contributed by atoms with E-state index in [2.05, 4.69) is 39.5 Å². The van der Waals surface area contributed by atoms with Crippen molar-refractivity contribution in [2.75, 3.05) is 39.5 Å². The second kappa shape index (κ2) is 36.2. The SMILES string of the molecule is CCCCCCCCCC(=O)OCCCCCCCN(CCO)CCCCCCC(C)(C)C(=O)OCCC(CCCCCC)CCCCCC. The fourth-order valence-electron chi connectivity index (χ4n) is 6.95. The van der Waals surface area contributed by atoms with Crippen LogP contribution in [0.3, 0.4) is 0 Å². The topological polar surface area (TPSA) is 76.1 Å². The first-order valence-electron chi connectivity index (χ1n) is 22.0. The molecule has 0 bridgehead atoms. The van der Waals surface area contributed by atoms with E-state index in [1.807, 2.05) is 0 Å². The second-order valence-corrected chi connectivity index (χ2v) is 16.0. The molecule has 298 valence electrons. The predicted molar refractivity (Wildman–Crippen MR) is 214 cm³/mol. The van der Waals surface area contributed by atoms with Crippen LogP contribution in [0.25, 0.3) is 0 Å². The maximum atomic E-state index is 13.0. The van der Waals surface area contributed by atoms with Crippen molar-refractivity contribution in [2.24, 2.45) is 11.3 Å². The van der Waals surface area contributed by atoms with Gasteiger partial charge in [0.2, 0.25) is 0 Å². The molecule has 0 aliphatic rings. The van der Waals surface area contributed by atoms with E-state index in [-0.39, 0.29) is 18.5 Å². The molecule has 0 saturated carbocycles. The summed E-state index contributed by atoms with van der Waals surface area (Å²) in [5.41, 5.74) is -0.421. The molecule has 0 fully saturated rings. The van der Waals surface area contributed by atoms with Crippen LogP contribution in [-0.2, 0) is 19.1 Å². The van der Waals surface area contributed by atoms with Gasteiger partial charge in [0.15, 0.2) is 0 Å². The number of esters is 2. The Bertz CT molecular complexity index is 730. The van der Waals surface area contributed by atoms with Crippen molar-refractivity contribution < 1.29 is 24.2 Å². The first kappa shape index (κ1) is 48.9. The van der Waals surface area contributed by atoms with E-state index in [0.29, 0.717) is 25.6 Å². The van der Waals surface area contributed by atoms with Gasteiger partial charge in [-0.3, -0.25) is 9.59 Å². The van der Waals surface area contributed by atoms with Crippen LogP contribution < -0.4 is 0 Å². The van der Waals surface area contributed by atoms with Gasteiger partial charge >= 0.3 is 11.9 Å². The van der Waals surface area contributed by atoms with Crippen molar-refractivity contribution in [3.63, 3.8) is 0 Å². The number of carbonyl (C=O) groups is 2. The minimum atomic E-state index is -0.421. The van der Waals surface area contributed by atoms with Crippen LogP contribution in [0.1, 0.15) is 221 Å². The Balaban J connectivity index is 4.01. The van der Waals surface area contributed by atoms with E-state index in [4.69, 9.17) is 9.47 Å². The molecule has 0 rings (SSSR count). The largest absolute Gasteiger partial charge is 0.466 e. The summed E-state index contributed by atoms with van der Waals surface area (Å²) in [6.45, 7) is 15.0. The van der Waals surface area contributed by atoms with Gasteiger partial charge in [-0.25, -0.2) is 0 Å². The molecule has 6 nitrogen and oxygen atoms in total. The number of carbonyl (C=O) groups excluding carboxylic acids is 2. The third-order valence-corrected chi connectivity index (χ3v) is 10.6. The van der Waals surface area contributed by atoms with E-state index in [9.17, 15) is 14.7 Å². The van der Waals surface area contributed by atoms with Crippen molar-refractivity contribution in [1.82, 2.24) is 4.90 Å². The molecule has 1 N–H and O–H groups in total. The molecule has 0 aromatic rings. The Morgan fingerprint density at radius 2 is 1.02 bits per heavy atom. The average molecular weight is 710 g/mol. The van der Waals surface area contributed by atoms with E-state index in [1.54, 1.807) is 0 Å². The Morgan fingerprint density at radius 1 is 0.540 bits per heavy atom. The highest BCUT2D eigenvalue weighted by atomic mass is 16.5. The molecule has 6 heteroatoms. The van der Waals surface area contributed by atoms with Crippen molar-refractivity contribution in [3.05, 3.63) is 0 Å². The fourth-order valence-corrected chi connectivity index (χ4v) is 6.95. The quantitative estimate of drug-likeness (QED) is 0.0506. The molecular formula is C44H87NO5. The van der Waals surface area contributed by atoms with Gasteiger partial charge in [-0.1, -0.05) is 162 Å². The van der Waals surface area contributed by atoms with Crippen LogP contribution in [0.2, 0.25) is 0 Å². The highest BCUT2D eigenvalue weighted by Gasteiger charge is 2.28. The molecular weight excluding hydrogens is 622 g/mol. The van der Waals surface area contributed by atoms with Crippen molar-refractivity contribution >= 4 is 11.9 Å². The maximum Gasteiger partial charge on any atom is 0.311 e. The monoisotopic (exact) mass is 710 g/mol. The number of rotatable bonds is 39. The van der Waals surface area contributed by atoms with Crippen molar-refractivity contribution in [3.8, 4) is 0 Å². The number of ether oxygens (including phenoxy) is 2. The summed E-state index contributed by atoms with van der Waals surface area (Å²) in [6.07, 6.45) is 34.1. The number of aliphatic hydroxyl groups is 1. The lowest BCUT2D eigenvalue weighted by Gasteiger charge is -2.24. The minimum Gasteiger partial charge on any atom is -0.466 e. The molecule has 0 unspecified atom stereocenters. The number of aliphatic hydroxyl groups excluding tert-OH is 1. The summed E-state index contributed by atoms with van der Waals surface area (Å²) in [5, 5.41) is 9.56. The van der Waals surface area contributed by atoms with E-state index >= 15 is 0 Å². The van der Waals surface area contributed by atoms with E-state index < -0.39 is 5.41 Å². The average Bonchev–Trinajstić information content (AvgIpc) is 3.10. The highest BCUT2D eigenvalue weighted by Crippen LogP contribution is 2.27. The zero-order chi connectivity index (χ0) is 37.0. The first-order valence-corrected chi connectivity index (χ1v) is 22.0. The Labute approximate surface area is 312 Å². The molecule has 0 aliphatic heterocycles. The van der Waals surface area contributed by atoms with Crippen molar-refractivity contribution in [1.29, 1.82) is 0 Å². The van der Waals surface area contributed by atoms with Gasteiger partial charge in [-0.2, -0.15) is 0 Å². The van der Waals surface area contributed by atoms with Gasteiger partial charge in [0.05, 0.1) is 25.2 Å². The van der Waals surface area contributed by atoms with E-state index in [0.717, 1.165) is 90.3 Å². The molecule has 0 atom stereocenters. The molecule has 50 heavy (non-hydrogen) atoms. The normalized spacial score (nSPS) is 11.9. The van der Waals surface area contributed by atoms with Crippen LogP contribution in [0.5, 0.6) is 0 Å². The van der Waals surface area contributed by atoms with Crippen molar-refractivity contribution in [2.45, 2.75) is 221 Å². The second-order valence-electron chi connectivity index (χ2n) is 16.0. The molecule has 0 heterocycles. The number of unbranched alkanes of at least 4 members (excludes halogenated alkanes) is 19. The first-order chi connectivity index (χ1) is 24.3. The van der Waals surface area contributed by atoms with Crippen LogP contribution in [-0.4, -0.2) is 61.4 Å². The number of hydrogen-bond donors (Lipinski definition) is 1. The van der Waals surface area contributed by atoms with E-state index in [1.165, 1.54) is 109 Å². The van der Waals surface area contributed by atoms with Crippen LogP contribution in [0.15, 0.2) is 0 Å². The van der Waals surface area contributed by atoms with Gasteiger partial charge in [0, 0.05) is 13.0 Å². The lowest BCUT2D eigenvalue weighted by Crippen LogP contribution is -2.29. The van der Waals surface area contributed by atoms with Crippen LogP contribution in [0, 0.1) is 11.3 Å². The van der Waals surface area contributed by atoms with Gasteiger partial charge in [0.1, 0.15) is 0 Å². The Kier molecular flexibility index (Phi) is 35.4. The highest BCUT2D eigenvalue weighted by molar-refractivity contribution is 5.75. The summed E-state index contributed by atoms with van der Waals surface area (Å²) in [7, 11) is 0. The Hall–Kier alpha value is -1.14. The summed E-state index contributed by atoms with van der Waals surface area (Å²) in [6, 6.07) is 0. The summed E-state index contributed by atoms with van der Waals surface area (Å²) < 4.78 is 11.3. The zero-order valence-electron chi connectivity index (χ0n) is 34.4. The standard InChI is InChI=1S/C44H87NO5/c1-6-9-12-15-16-18-25-32-42(47)49-39-29-22-17-20-27-35-45(37-38-46)36-28-21-19-26-34-44(4,5)43(48)50-40-33-41(30-23-13-10-7-2)31-24-14-11-8-3/h41,46H,6-40H2,1-5H3. The third kappa shape index (κ3) is 31.6. The van der Waals surface area contributed by atoms with Gasteiger partial charge < -0.3 is 19.5 Å². The predicted octanol–water partition coefficient (Wildman–Crippen LogP) is 12.4. The minimum absolute atomic E-state index is 0.0258. The fraction of sp³-hybridized carbons (Fsp3) is 0.955. The molecule has 0 spiro atoms.